The van der Waals surface area contributed by atoms with Gasteiger partial charge in [-0.05, 0) is 24.1 Å². The van der Waals surface area contributed by atoms with E-state index in [0.717, 1.165) is 18.5 Å². The highest BCUT2D eigenvalue weighted by atomic mass is 35.5. The van der Waals surface area contributed by atoms with Crippen molar-refractivity contribution in [2.24, 2.45) is 10.8 Å². The van der Waals surface area contributed by atoms with Gasteiger partial charge in [-0.15, -0.1) is 0 Å². The zero-order valence-corrected chi connectivity index (χ0v) is 10.4. The van der Waals surface area contributed by atoms with E-state index in [0.29, 0.717) is 12.5 Å². The first-order valence-corrected chi connectivity index (χ1v) is 5.74. The van der Waals surface area contributed by atoms with Gasteiger partial charge < -0.3 is 5.32 Å². The summed E-state index contributed by atoms with van der Waals surface area (Å²) in [6.45, 7) is 3.21. The number of nitrogens with one attached hydrogen (secondary N) is 2. The lowest BCUT2D eigenvalue weighted by Gasteiger charge is -2.07. The van der Waals surface area contributed by atoms with Crippen LogP contribution >= 0.6 is 11.6 Å². The molecule has 0 heterocycles. The molecule has 0 bridgehead atoms. The van der Waals surface area contributed by atoms with E-state index in [9.17, 15) is 4.39 Å². The van der Waals surface area contributed by atoms with E-state index < -0.39 is 5.82 Å². The molecule has 4 N–H and O–H groups in total. The third kappa shape index (κ3) is 4.58. The van der Waals surface area contributed by atoms with Gasteiger partial charge in [0.1, 0.15) is 5.82 Å². The van der Waals surface area contributed by atoms with Crippen molar-refractivity contribution in [1.29, 1.82) is 0 Å². The lowest BCUT2D eigenvalue weighted by Crippen LogP contribution is -2.41. The number of guanidine groups is 1. The molecule has 0 aromatic heterocycles. The van der Waals surface area contributed by atoms with E-state index in [1.165, 1.54) is 6.07 Å². The van der Waals surface area contributed by atoms with E-state index in [-0.39, 0.29) is 5.02 Å². The molecule has 1 aromatic carbocycles. The quantitative estimate of drug-likeness (QED) is 0.334. The summed E-state index contributed by atoms with van der Waals surface area (Å²) < 4.78 is 12.9. The molecular formula is C11H16ClFN4. The Kier molecular flexibility index (Phi) is 5.72. The molecule has 4 nitrogen and oxygen atoms in total. The first-order chi connectivity index (χ1) is 8.17. The summed E-state index contributed by atoms with van der Waals surface area (Å²) in [4.78, 5) is 4.21. The second-order valence-electron chi connectivity index (χ2n) is 3.48. The maximum atomic E-state index is 12.9. The molecule has 0 spiro atoms. The first kappa shape index (κ1) is 13.7. The first-order valence-electron chi connectivity index (χ1n) is 5.36. The van der Waals surface area contributed by atoms with Gasteiger partial charge in [-0.2, -0.15) is 0 Å². The fraction of sp³-hybridized carbons (Fsp3) is 0.364. The maximum Gasteiger partial charge on any atom is 0.206 e. The van der Waals surface area contributed by atoms with Crippen molar-refractivity contribution in [3.63, 3.8) is 0 Å². The minimum absolute atomic E-state index is 0.0986. The summed E-state index contributed by atoms with van der Waals surface area (Å²) in [6, 6.07) is 4.51. The molecule has 0 unspecified atom stereocenters. The second kappa shape index (κ2) is 7.09. The molecule has 0 aliphatic rings. The van der Waals surface area contributed by atoms with Gasteiger partial charge in [0.2, 0.25) is 5.96 Å². The molecule has 0 saturated carbocycles. The van der Waals surface area contributed by atoms with Gasteiger partial charge in [0.25, 0.3) is 0 Å². The van der Waals surface area contributed by atoms with Gasteiger partial charge in [0, 0.05) is 6.54 Å². The zero-order valence-electron chi connectivity index (χ0n) is 9.63. The summed E-state index contributed by atoms with van der Waals surface area (Å²) in [5.41, 5.74) is 3.29. The number of nitrogens with zero attached hydrogens (tertiary/aromatic N) is 1. The third-order valence-corrected chi connectivity index (χ3v) is 2.37. The Morgan fingerprint density at radius 1 is 1.53 bits per heavy atom. The van der Waals surface area contributed by atoms with Crippen molar-refractivity contribution >= 4 is 17.6 Å². The van der Waals surface area contributed by atoms with Gasteiger partial charge >= 0.3 is 0 Å². The maximum absolute atomic E-state index is 12.9. The van der Waals surface area contributed by atoms with Crippen molar-refractivity contribution < 1.29 is 4.39 Å². The van der Waals surface area contributed by atoms with Crippen LogP contribution in [0, 0.1) is 5.82 Å². The number of nitrogens with two attached hydrogens (primary N) is 1. The van der Waals surface area contributed by atoms with Crippen LogP contribution in [0.25, 0.3) is 0 Å². The zero-order chi connectivity index (χ0) is 12.7. The molecule has 1 aromatic rings. The van der Waals surface area contributed by atoms with E-state index in [4.69, 9.17) is 17.4 Å². The van der Waals surface area contributed by atoms with Crippen molar-refractivity contribution in [2.75, 3.05) is 6.54 Å². The van der Waals surface area contributed by atoms with E-state index in [2.05, 4.69) is 15.7 Å². The van der Waals surface area contributed by atoms with Crippen LogP contribution in [0.15, 0.2) is 23.2 Å². The fourth-order valence-electron chi connectivity index (χ4n) is 1.20. The number of hydrazine groups is 1. The smallest absolute Gasteiger partial charge is 0.206 e. The number of aliphatic imine (C=N–C) groups is 1. The summed E-state index contributed by atoms with van der Waals surface area (Å²) in [7, 11) is 0. The van der Waals surface area contributed by atoms with Gasteiger partial charge in [-0.3, -0.25) is 5.43 Å². The Morgan fingerprint density at radius 2 is 2.29 bits per heavy atom. The summed E-state index contributed by atoms with van der Waals surface area (Å²) in [5, 5.41) is 3.12. The van der Waals surface area contributed by atoms with Crippen LogP contribution in [0.1, 0.15) is 18.9 Å². The Hall–Kier alpha value is -1.33. The van der Waals surface area contributed by atoms with Crippen LogP contribution in [-0.4, -0.2) is 12.5 Å². The standard InChI is InChI=1S/C11H16ClFN4/c1-2-5-15-11(17-14)16-7-8-3-4-10(13)9(12)6-8/h3-4,6H,2,5,7,14H2,1H3,(H2,15,16,17). The molecule has 0 fully saturated rings. The molecule has 0 atom stereocenters. The van der Waals surface area contributed by atoms with Crippen molar-refractivity contribution in [1.82, 2.24) is 10.7 Å². The monoisotopic (exact) mass is 258 g/mol. The molecule has 0 saturated heterocycles. The number of rotatable bonds is 4. The highest BCUT2D eigenvalue weighted by molar-refractivity contribution is 6.30. The van der Waals surface area contributed by atoms with Crippen LogP contribution in [0.4, 0.5) is 4.39 Å². The highest BCUT2D eigenvalue weighted by Crippen LogP contribution is 2.16. The molecule has 1 rings (SSSR count). The predicted molar refractivity (Wildman–Crippen MR) is 68.2 cm³/mol. The highest BCUT2D eigenvalue weighted by Gasteiger charge is 2.01. The average molecular weight is 259 g/mol. The molecule has 17 heavy (non-hydrogen) atoms. The molecule has 6 heteroatoms. The Balaban J connectivity index is 2.63. The van der Waals surface area contributed by atoms with Crippen LogP contribution in [-0.2, 0) is 6.54 Å². The van der Waals surface area contributed by atoms with Crippen molar-refractivity contribution in [2.45, 2.75) is 19.9 Å². The van der Waals surface area contributed by atoms with E-state index >= 15 is 0 Å². The van der Waals surface area contributed by atoms with Crippen molar-refractivity contribution in [3.05, 3.63) is 34.6 Å². The molecule has 0 aliphatic heterocycles. The van der Waals surface area contributed by atoms with E-state index in [1.807, 2.05) is 6.92 Å². The summed E-state index contributed by atoms with van der Waals surface area (Å²) in [6.07, 6.45) is 0.975. The second-order valence-corrected chi connectivity index (χ2v) is 3.89. The van der Waals surface area contributed by atoms with Gasteiger partial charge in [0.05, 0.1) is 11.6 Å². The number of benzene rings is 1. The molecule has 0 aliphatic carbocycles. The number of hydrogen-bond acceptors (Lipinski definition) is 2. The van der Waals surface area contributed by atoms with Crippen LogP contribution in [0.5, 0.6) is 0 Å². The predicted octanol–water partition coefficient (Wildman–Crippen LogP) is 1.80. The van der Waals surface area contributed by atoms with E-state index in [1.54, 1.807) is 12.1 Å². The fourth-order valence-corrected chi connectivity index (χ4v) is 1.41. The largest absolute Gasteiger partial charge is 0.355 e. The van der Waals surface area contributed by atoms with Gasteiger partial charge in [-0.1, -0.05) is 24.6 Å². The molecule has 0 radical (unpaired) electrons. The van der Waals surface area contributed by atoms with Gasteiger partial charge in [-0.25, -0.2) is 15.2 Å². The average Bonchev–Trinajstić information content (AvgIpc) is 2.34. The summed E-state index contributed by atoms with van der Waals surface area (Å²) in [5.74, 6) is 5.38. The topological polar surface area (TPSA) is 62.4 Å². The lowest BCUT2D eigenvalue weighted by atomic mass is 10.2. The minimum atomic E-state index is -0.430. The Bertz CT molecular complexity index is 395. The molecular weight excluding hydrogens is 243 g/mol. The summed E-state index contributed by atoms with van der Waals surface area (Å²) >= 11 is 5.67. The lowest BCUT2D eigenvalue weighted by molar-refractivity contribution is 0.627. The Morgan fingerprint density at radius 3 is 2.88 bits per heavy atom. The van der Waals surface area contributed by atoms with Crippen LogP contribution in [0.3, 0.4) is 0 Å². The van der Waals surface area contributed by atoms with Crippen LogP contribution < -0.4 is 16.6 Å². The van der Waals surface area contributed by atoms with Crippen LogP contribution in [0.2, 0.25) is 5.02 Å². The normalized spacial score (nSPS) is 11.4. The third-order valence-electron chi connectivity index (χ3n) is 2.08. The number of halogens is 2. The number of hydrogen-bond donors (Lipinski definition) is 3. The molecule has 94 valence electrons. The van der Waals surface area contributed by atoms with Gasteiger partial charge in [0.15, 0.2) is 0 Å². The molecule has 0 amide bonds. The SMILES string of the molecule is CCCNC(=NCc1ccc(F)c(Cl)c1)NN. The van der Waals surface area contributed by atoms with Crippen molar-refractivity contribution in [3.8, 4) is 0 Å². The Labute approximate surface area is 105 Å². The minimum Gasteiger partial charge on any atom is -0.355 e.